The molecular weight excluding hydrogens is 694 g/mol. The summed E-state index contributed by atoms with van der Waals surface area (Å²) in [7, 11) is 4.89. The zero-order valence-corrected chi connectivity index (χ0v) is 30.9. The molecule has 0 spiro atoms. The number of carbonyl (C=O) groups excluding carboxylic acids is 1. The van der Waals surface area contributed by atoms with Crippen molar-refractivity contribution in [3.05, 3.63) is 83.0 Å². The van der Waals surface area contributed by atoms with Gasteiger partial charge in [0.2, 0.25) is 11.8 Å². The number of nitrogens with one attached hydrogen (secondary N) is 2. The van der Waals surface area contributed by atoms with Crippen LogP contribution in [0.4, 0.5) is 0 Å². The number of amides is 1. The number of hydrogen-bond acceptors (Lipinski definition) is 10. The summed E-state index contributed by atoms with van der Waals surface area (Å²) >= 11 is 7.19. The lowest BCUT2D eigenvalue weighted by Gasteiger charge is -2.47. The topological polar surface area (TPSA) is 135 Å². The number of fused-ring (bicyclic) bond motifs is 1. The second kappa shape index (κ2) is 14.0. The second-order valence-electron chi connectivity index (χ2n) is 14.2. The van der Waals surface area contributed by atoms with Crippen molar-refractivity contribution >= 4 is 34.2 Å². The van der Waals surface area contributed by atoms with Gasteiger partial charge in [0.15, 0.2) is 0 Å². The van der Waals surface area contributed by atoms with E-state index in [1.165, 1.54) is 0 Å². The van der Waals surface area contributed by atoms with Gasteiger partial charge in [-0.15, -0.1) is 0 Å². The molecule has 274 valence electrons. The molecule has 1 saturated heterocycles. The molecule has 1 atom stereocenters. The van der Waals surface area contributed by atoms with Crippen LogP contribution in [0.1, 0.15) is 30.9 Å². The molecule has 2 aromatic heterocycles. The fraction of sp³-hybridized carbons (Fsp3) is 0.350. The standard InChI is InChI=1S/C40H42ClN7O5/c1-40(39(50)45-23-11-12-23)21-47(22-40)19-31-34(51-2)15-25(16-35(31)52-3)48-33-10-6-7-26(30(33)18-43-48)27-8-5-9-28(36(27)41)32-14-13-29(38(46-32)53-4)37-42-17-24(20-49)44-37/h5-10,13-16,18,23-24,49H,11-12,17,19-22H2,1-4H3,(H,42,44)(H,45,50)/t24-/m1/s1. The predicted octanol–water partition coefficient (Wildman–Crippen LogP) is 5.24. The lowest BCUT2D eigenvalue weighted by Crippen LogP contribution is -2.61. The minimum absolute atomic E-state index is 0.00845. The average Bonchev–Trinajstić information content (AvgIpc) is 3.66. The number of pyridine rings is 1. The molecule has 4 heterocycles. The number of halogens is 1. The number of methoxy groups -OCH3 is 3. The number of benzene rings is 3. The number of carbonyl (C=O) groups is 1. The van der Waals surface area contributed by atoms with E-state index < -0.39 is 0 Å². The molecule has 3 aromatic carbocycles. The zero-order chi connectivity index (χ0) is 36.9. The van der Waals surface area contributed by atoms with Gasteiger partial charge in [0.25, 0.3) is 0 Å². The van der Waals surface area contributed by atoms with Gasteiger partial charge in [0.1, 0.15) is 17.3 Å². The third-order valence-electron chi connectivity index (χ3n) is 10.3. The minimum Gasteiger partial charge on any atom is -0.496 e. The average molecular weight is 736 g/mol. The summed E-state index contributed by atoms with van der Waals surface area (Å²) in [5, 5.41) is 22.2. The number of amidine groups is 1. The van der Waals surface area contributed by atoms with E-state index in [2.05, 4.69) is 20.5 Å². The lowest BCUT2D eigenvalue weighted by molar-refractivity contribution is -0.140. The molecule has 0 unspecified atom stereocenters. The number of aliphatic hydroxyl groups excluding tert-OH is 1. The molecule has 0 bridgehead atoms. The Morgan fingerprint density at radius 3 is 2.38 bits per heavy atom. The first-order valence-electron chi connectivity index (χ1n) is 17.8. The lowest BCUT2D eigenvalue weighted by atomic mass is 9.80. The Labute approximate surface area is 312 Å². The summed E-state index contributed by atoms with van der Waals surface area (Å²) in [6.45, 7) is 4.44. The van der Waals surface area contributed by atoms with Crippen LogP contribution in [0.15, 0.2) is 71.9 Å². The van der Waals surface area contributed by atoms with Gasteiger partial charge < -0.3 is 30.0 Å². The van der Waals surface area contributed by atoms with E-state index in [0.29, 0.717) is 66.2 Å². The summed E-state index contributed by atoms with van der Waals surface area (Å²) in [4.78, 5) is 24.4. The van der Waals surface area contributed by atoms with Gasteiger partial charge in [-0.2, -0.15) is 5.10 Å². The van der Waals surface area contributed by atoms with E-state index in [0.717, 1.165) is 57.2 Å². The fourth-order valence-electron chi connectivity index (χ4n) is 7.36. The van der Waals surface area contributed by atoms with Gasteiger partial charge in [-0.1, -0.05) is 41.9 Å². The number of aliphatic hydroxyl groups is 1. The van der Waals surface area contributed by atoms with Crippen molar-refractivity contribution in [2.45, 2.75) is 38.4 Å². The number of ether oxygens (including phenoxy) is 3. The van der Waals surface area contributed by atoms with Crippen LogP contribution < -0.4 is 24.8 Å². The Hall–Kier alpha value is -5.17. The van der Waals surface area contributed by atoms with Crippen molar-refractivity contribution in [1.29, 1.82) is 0 Å². The number of rotatable bonds is 12. The van der Waals surface area contributed by atoms with Gasteiger partial charge in [0, 0.05) is 54.3 Å². The van der Waals surface area contributed by atoms with E-state index >= 15 is 0 Å². The maximum Gasteiger partial charge on any atom is 0.228 e. The number of aromatic nitrogens is 3. The molecule has 3 aliphatic rings. The number of aliphatic imine (C=N–C) groups is 1. The first kappa shape index (κ1) is 34.9. The molecule has 1 amide bonds. The highest BCUT2D eigenvalue weighted by Crippen LogP contribution is 2.42. The molecule has 2 aliphatic heterocycles. The Morgan fingerprint density at radius 2 is 1.70 bits per heavy atom. The molecule has 12 nitrogen and oxygen atoms in total. The van der Waals surface area contributed by atoms with Gasteiger partial charge in [-0.05, 0) is 43.5 Å². The van der Waals surface area contributed by atoms with Crippen molar-refractivity contribution in [2.75, 3.05) is 47.6 Å². The summed E-state index contributed by atoms with van der Waals surface area (Å²) < 4.78 is 19.4. The summed E-state index contributed by atoms with van der Waals surface area (Å²) in [5.41, 5.74) is 6.09. The van der Waals surface area contributed by atoms with Crippen molar-refractivity contribution < 1.29 is 24.1 Å². The van der Waals surface area contributed by atoms with E-state index in [9.17, 15) is 9.90 Å². The van der Waals surface area contributed by atoms with Crippen LogP contribution in [-0.2, 0) is 11.3 Å². The van der Waals surface area contributed by atoms with Gasteiger partial charge >= 0.3 is 0 Å². The van der Waals surface area contributed by atoms with Crippen LogP contribution >= 0.6 is 11.6 Å². The van der Waals surface area contributed by atoms with Crippen LogP contribution in [0.5, 0.6) is 17.4 Å². The van der Waals surface area contributed by atoms with Crippen LogP contribution in [0, 0.1) is 5.41 Å². The minimum atomic E-state index is -0.390. The molecule has 3 N–H and O–H groups in total. The van der Waals surface area contributed by atoms with E-state index in [1.54, 1.807) is 21.3 Å². The highest BCUT2D eigenvalue weighted by molar-refractivity contribution is 6.36. The third-order valence-corrected chi connectivity index (χ3v) is 10.8. The summed E-state index contributed by atoms with van der Waals surface area (Å²) in [5.74, 6) is 2.56. The second-order valence-corrected chi connectivity index (χ2v) is 14.6. The zero-order valence-electron chi connectivity index (χ0n) is 30.1. The van der Waals surface area contributed by atoms with E-state index in [1.807, 2.05) is 78.5 Å². The van der Waals surface area contributed by atoms with Crippen LogP contribution in [0.25, 0.3) is 39.0 Å². The SMILES string of the molecule is COc1cc(-n2ncc3c(-c4cccc(-c5ccc(C6=NC[C@H](CO)N6)c(OC)n5)c4Cl)cccc32)cc(OC)c1CN1CC(C)(C(=O)NC2CC2)C1. The van der Waals surface area contributed by atoms with E-state index in [-0.39, 0.29) is 24.0 Å². The Morgan fingerprint density at radius 1 is 0.981 bits per heavy atom. The molecule has 8 rings (SSSR count). The van der Waals surface area contributed by atoms with Crippen molar-refractivity contribution in [2.24, 2.45) is 10.4 Å². The largest absolute Gasteiger partial charge is 0.496 e. The highest BCUT2D eigenvalue weighted by Gasteiger charge is 2.46. The third kappa shape index (κ3) is 6.45. The number of likely N-dealkylation sites (tertiary alicyclic amines) is 1. The fourth-order valence-corrected chi connectivity index (χ4v) is 7.69. The highest BCUT2D eigenvalue weighted by atomic mass is 35.5. The molecular formula is C40H42ClN7O5. The number of nitrogens with zero attached hydrogens (tertiary/aromatic N) is 5. The van der Waals surface area contributed by atoms with Crippen molar-refractivity contribution in [3.63, 3.8) is 0 Å². The molecule has 5 aromatic rings. The summed E-state index contributed by atoms with van der Waals surface area (Å²) in [6, 6.07) is 19.9. The normalized spacial score (nSPS) is 17.9. The van der Waals surface area contributed by atoms with E-state index in [4.69, 9.17) is 35.9 Å². The Bertz CT molecular complexity index is 2220. The smallest absolute Gasteiger partial charge is 0.228 e. The van der Waals surface area contributed by atoms with Gasteiger partial charge in [0.05, 0.1) is 85.2 Å². The quantitative estimate of drug-likeness (QED) is 0.157. The predicted molar refractivity (Wildman–Crippen MR) is 204 cm³/mol. The van der Waals surface area contributed by atoms with Crippen molar-refractivity contribution in [3.8, 4) is 45.5 Å². The van der Waals surface area contributed by atoms with Crippen molar-refractivity contribution in [1.82, 2.24) is 30.3 Å². The van der Waals surface area contributed by atoms with Crippen LogP contribution in [0.3, 0.4) is 0 Å². The number of hydrogen-bond donors (Lipinski definition) is 3. The first-order chi connectivity index (χ1) is 25.7. The Kier molecular flexibility index (Phi) is 9.21. The molecule has 0 radical (unpaired) electrons. The monoisotopic (exact) mass is 735 g/mol. The molecule has 13 heteroatoms. The van der Waals surface area contributed by atoms with Crippen LogP contribution in [0.2, 0.25) is 5.02 Å². The Balaban J connectivity index is 1.08. The first-order valence-corrected chi connectivity index (χ1v) is 18.1. The van der Waals surface area contributed by atoms with Crippen LogP contribution in [-0.4, -0.2) is 96.2 Å². The van der Waals surface area contributed by atoms with Gasteiger partial charge in [-0.25, -0.2) is 9.67 Å². The van der Waals surface area contributed by atoms with Gasteiger partial charge in [-0.3, -0.25) is 14.7 Å². The molecule has 1 saturated carbocycles. The maximum absolute atomic E-state index is 12.8. The molecule has 2 fully saturated rings. The molecule has 1 aliphatic carbocycles. The molecule has 53 heavy (non-hydrogen) atoms. The maximum atomic E-state index is 12.8. The summed E-state index contributed by atoms with van der Waals surface area (Å²) in [6.07, 6.45) is 4.00.